The maximum Gasteiger partial charge on any atom is 0.340 e. The number of esters is 2. The Morgan fingerprint density at radius 2 is 1.21 bits per heavy atom. The number of halogens is 3. The van der Waals surface area contributed by atoms with Gasteiger partial charge >= 0.3 is 11.9 Å². The van der Waals surface area contributed by atoms with E-state index in [0.29, 0.717) is 23.9 Å². The van der Waals surface area contributed by atoms with Crippen LogP contribution in [0.5, 0.6) is 5.75 Å². The molecule has 134 valence electrons. The second-order valence-electron chi connectivity index (χ2n) is 5.02. The van der Waals surface area contributed by atoms with Gasteiger partial charge in [-0.05, 0) is 80.6 Å². The quantitative estimate of drug-likeness (QED) is 0.236. The molecule has 0 aliphatic heterocycles. The lowest BCUT2D eigenvalue weighted by molar-refractivity contribution is 0.0493. The molecule has 1 rings (SSSR count). The van der Waals surface area contributed by atoms with Crippen molar-refractivity contribution in [1.29, 1.82) is 0 Å². The largest absolute Gasteiger partial charge is 0.506 e. The first kappa shape index (κ1) is 22.2. The molecule has 0 spiro atoms. The molecule has 0 aliphatic rings. The Kier molecular flexibility index (Phi) is 10.2. The van der Waals surface area contributed by atoms with E-state index in [-0.39, 0.29) is 16.9 Å². The van der Waals surface area contributed by atoms with Crippen molar-refractivity contribution >= 4 is 79.7 Å². The van der Waals surface area contributed by atoms with Crippen LogP contribution in [0.15, 0.2) is 0 Å². The van der Waals surface area contributed by atoms with Crippen LogP contribution < -0.4 is 0 Å². The molecule has 0 aliphatic carbocycles. The van der Waals surface area contributed by atoms with Gasteiger partial charge in [-0.3, -0.25) is 0 Å². The highest BCUT2D eigenvalue weighted by molar-refractivity contribution is 14.1. The third-order valence-electron chi connectivity index (χ3n) is 3.16. The van der Waals surface area contributed by atoms with Crippen LogP contribution in [0.25, 0.3) is 0 Å². The first-order valence-corrected chi connectivity index (χ1v) is 10.8. The molecule has 0 radical (unpaired) electrons. The molecular weight excluding hydrogens is 653 g/mol. The zero-order valence-corrected chi connectivity index (χ0v) is 19.9. The standard InChI is InChI=1S/C16H19I3O5/c1-3-5-7-23-15(21)9-11(17)10(13(19)14(20)12(9)18)16(22)24-8-6-4-2/h20H,3-8H2,1-2H3. The van der Waals surface area contributed by atoms with Crippen LogP contribution >= 0.6 is 67.8 Å². The number of ether oxygens (including phenoxy) is 2. The number of hydrogen-bond acceptors (Lipinski definition) is 5. The van der Waals surface area contributed by atoms with Crippen LogP contribution in [0, 0.1) is 10.7 Å². The van der Waals surface area contributed by atoms with Gasteiger partial charge in [0.25, 0.3) is 0 Å². The normalized spacial score (nSPS) is 10.5. The molecule has 0 bridgehead atoms. The summed E-state index contributed by atoms with van der Waals surface area (Å²) in [5, 5.41) is 10.3. The topological polar surface area (TPSA) is 72.8 Å². The highest BCUT2D eigenvalue weighted by atomic mass is 127. The molecule has 0 aromatic heterocycles. The van der Waals surface area contributed by atoms with Crippen molar-refractivity contribution in [3.8, 4) is 5.75 Å². The minimum atomic E-state index is -0.536. The Balaban J connectivity index is 3.21. The maximum absolute atomic E-state index is 12.4. The van der Waals surface area contributed by atoms with Gasteiger partial charge in [-0.1, -0.05) is 26.7 Å². The number of aromatic hydroxyl groups is 1. The third kappa shape index (κ3) is 5.58. The first-order chi connectivity index (χ1) is 11.4. The number of benzene rings is 1. The SMILES string of the molecule is CCCCOC(=O)c1c(I)c(O)c(I)c(C(=O)OCCCC)c1I. The van der Waals surface area contributed by atoms with Crippen LogP contribution in [0.3, 0.4) is 0 Å². The van der Waals surface area contributed by atoms with Crippen LogP contribution in [0.1, 0.15) is 60.2 Å². The number of carbonyl (C=O) groups excluding carboxylic acids is 2. The highest BCUT2D eigenvalue weighted by Gasteiger charge is 2.29. The van der Waals surface area contributed by atoms with Crippen molar-refractivity contribution in [3.05, 3.63) is 21.8 Å². The van der Waals surface area contributed by atoms with Gasteiger partial charge in [0.05, 0.1) is 31.5 Å². The van der Waals surface area contributed by atoms with Crippen molar-refractivity contribution in [2.24, 2.45) is 0 Å². The summed E-state index contributed by atoms with van der Waals surface area (Å²) in [5.74, 6) is -1.17. The number of unbranched alkanes of at least 4 members (excludes halogenated alkanes) is 2. The number of carbonyl (C=O) groups is 2. The lowest BCUT2D eigenvalue weighted by Crippen LogP contribution is -2.17. The molecule has 1 aromatic rings. The molecule has 8 heteroatoms. The molecule has 0 fully saturated rings. The monoisotopic (exact) mass is 672 g/mol. The highest BCUT2D eigenvalue weighted by Crippen LogP contribution is 2.37. The average Bonchev–Trinajstić information content (AvgIpc) is 2.53. The fraction of sp³-hybridized carbons (Fsp3) is 0.500. The van der Waals surface area contributed by atoms with E-state index >= 15 is 0 Å². The number of rotatable bonds is 8. The second kappa shape index (κ2) is 11.0. The predicted molar refractivity (Wildman–Crippen MR) is 117 cm³/mol. The first-order valence-electron chi connectivity index (χ1n) is 7.60. The minimum Gasteiger partial charge on any atom is -0.506 e. The Bertz CT molecular complexity index is 567. The summed E-state index contributed by atoms with van der Waals surface area (Å²) in [6.45, 7) is 4.62. The molecule has 0 atom stereocenters. The molecular formula is C16H19I3O5. The number of hydrogen-bond donors (Lipinski definition) is 1. The van der Waals surface area contributed by atoms with E-state index in [1.54, 1.807) is 0 Å². The molecule has 1 aromatic carbocycles. The lowest BCUT2D eigenvalue weighted by atomic mass is 10.1. The van der Waals surface area contributed by atoms with Gasteiger partial charge in [-0.2, -0.15) is 0 Å². The maximum atomic E-state index is 12.4. The molecule has 0 amide bonds. The smallest absolute Gasteiger partial charge is 0.340 e. The van der Waals surface area contributed by atoms with Gasteiger partial charge in [0.15, 0.2) is 0 Å². The van der Waals surface area contributed by atoms with Crippen molar-refractivity contribution in [2.75, 3.05) is 13.2 Å². The van der Waals surface area contributed by atoms with Crippen molar-refractivity contribution in [2.45, 2.75) is 39.5 Å². The average molecular weight is 672 g/mol. The van der Waals surface area contributed by atoms with Crippen LogP contribution in [-0.2, 0) is 9.47 Å². The van der Waals surface area contributed by atoms with Crippen molar-refractivity contribution in [3.63, 3.8) is 0 Å². The molecule has 0 saturated heterocycles. The van der Waals surface area contributed by atoms with Gasteiger partial charge in [0.1, 0.15) is 5.75 Å². The summed E-state index contributed by atoms with van der Waals surface area (Å²) < 4.78 is 11.7. The number of phenols is 1. The third-order valence-corrected chi connectivity index (χ3v) is 6.34. The van der Waals surface area contributed by atoms with Gasteiger partial charge in [-0.25, -0.2) is 9.59 Å². The minimum absolute atomic E-state index is 0.0958. The Morgan fingerprint density at radius 1 is 0.833 bits per heavy atom. The van der Waals surface area contributed by atoms with E-state index < -0.39 is 11.9 Å². The van der Waals surface area contributed by atoms with Crippen molar-refractivity contribution in [1.82, 2.24) is 0 Å². The summed E-state index contributed by atoms with van der Waals surface area (Å²) in [6, 6.07) is 0. The van der Waals surface area contributed by atoms with Crippen LogP contribution in [-0.4, -0.2) is 30.3 Å². The van der Waals surface area contributed by atoms with Gasteiger partial charge in [0.2, 0.25) is 0 Å². The summed E-state index contributed by atoms with van der Waals surface area (Å²) in [6.07, 6.45) is 3.35. The van der Waals surface area contributed by atoms with Crippen LogP contribution in [0.2, 0.25) is 0 Å². The Hall–Kier alpha value is 0.150. The van der Waals surface area contributed by atoms with E-state index in [9.17, 15) is 14.7 Å². The Morgan fingerprint density at radius 3 is 1.54 bits per heavy atom. The Labute approximate surface area is 182 Å². The van der Waals surface area contributed by atoms with E-state index in [1.165, 1.54) is 0 Å². The zero-order valence-electron chi connectivity index (χ0n) is 13.5. The second-order valence-corrected chi connectivity index (χ2v) is 8.26. The van der Waals surface area contributed by atoms with Gasteiger partial charge < -0.3 is 14.6 Å². The van der Waals surface area contributed by atoms with Crippen molar-refractivity contribution < 1.29 is 24.2 Å². The summed E-state index contributed by atoms with van der Waals surface area (Å²) in [5.41, 5.74) is 0.431. The number of phenolic OH excluding ortho intramolecular Hbond substituents is 1. The summed E-state index contributed by atoms with van der Waals surface area (Å²) in [4.78, 5) is 24.7. The lowest BCUT2D eigenvalue weighted by Gasteiger charge is -2.15. The molecule has 0 heterocycles. The molecule has 1 N–H and O–H groups in total. The fourth-order valence-corrected chi connectivity index (χ4v) is 5.82. The predicted octanol–water partition coefficient (Wildman–Crippen LogP) is 5.12. The van der Waals surface area contributed by atoms with Crippen LogP contribution in [0.4, 0.5) is 0 Å². The molecule has 24 heavy (non-hydrogen) atoms. The van der Waals surface area contributed by atoms with Gasteiger partial charge in [-0.15, -0.1) is 0 Å². The van der Waals surface area contributed by atoms with Gasteiger partial charge in [0, 0.05) is 3.57 Å². The zero-order chi connectivity index (χ0) is 18.3. The van der Waals surface area contributed by atoms with E-state index in [1.807, 2.05) is 81.6 Å². The molecule has 0 saturated carbocycles. The fourth-order valence-electron chi connectivity index (χ4n) is 1.77. The summed E-state index contributed by atoms with van der Waals surface area (Å²) in [7, 11) is 0. The van der Waals surface area contributed by atoms with E-state index in [0.717, 1.165) is 25.7 Å². The summed E-state index contributed by atoms with van der Waals surface area (Å²) >= 11 is 5.73. The molecule has 0 unspecified atom stereocenters. The molecule has 5 nitrogen and oxygen atoms in total. The van der Waals surface area contributed by atoms with E-state index in [2.05, 4.69) is 0 Å². The van der Waals surface area contributed by atoms with E-state index in [4.69, 9.17) is 9.47 Å².